The van der Waals surface area contributed by atoms with Crippen LogP contribution in [0.15, 0.2) is 24.4 Å². The van der Waals surface area contributed by atoms with Crippen LogP contribution in [0.4, 0.5) is 22.0 Å². The fraction of sp³-hybridized carbons (Fsp3) is 0.409. The van der Waals surface area contributed by atoms with Crippen LogP contribution >= 0.6 is 0 Å². The van der Waals surface area contributed by atoms with Crippen molar-refractivity contribution in [2.45, 2.75) is 45.4 Å². The SMILES string of the molecule is CC(C)OC(=O)C1=CN(C(=O)c2ccc(F)c(F)c2)CC(C)(C)c2c1nc(C(F)(F)F)n2C. The van der Waals surface area contributed by atoms with E-state index in [1.807, 2.05) is 0 Å². The molecule has 0 bridgehead atoms. The third kappa shape index (κ3) is 4.62. The fourth-order valence-corrected chi connectivity index (χ4v) is 3.83. The van der Waals surface area contributed by atoms with Crippen molar-refractivity contribution < 1.29 is 36.3 Å². The molecule has 6 nitrogen and oxygen atoms in total. The van der Waals surface area contributed by atoms with E-state index in [-0.39, 0.29) is 29.1 Å². The van der Waals surface area contributed by atoms with Gasteiger partial charge < -0.3 is 14.2 Å². The molecule has 33 heavy (non-hydrogen) atoms. The summed E-state index contributed by atoms with van der Waals surface area (Å²) in [5.74, 6) is -5.34. The van der Waals surface area contributed by atoms with Gasteiger partial charge in [0, 0.05) is 30.8 Å². The molecule has 0 aliphatic carbocycles. The van der Waals surface area contributed by atoms with Crippen LogP contribution in [0.3, 0.4) is 0 Å². The molecule has 3 rings (SSSR count). The zero-order valence-corrected chi connectivity index (χ0v) is 18.6. The molecule has 2 heterocycles. The van der Waals surface area contributed by atoms with E-state index in [0.29, 0.717) is 6.07 Å². The van der Waals surface area contributed by atoms with E-state index >= 15 is 0 Å². The molecule has 1 aromatic carbocycles. The van der Waals surface area contributed by atoms with Gasteiger partial charge in [0.1, 0.15) is 11.3 Å². The molecule has 0 unspecified atom stereocenters. The molecule has 0 atom stereocenters. The third-order valence-corrected chi connectivity index (χ3v) is 5.09. The van der Waals surface area contributed by atoms with Crippen molar-refractivity contribution in [3.05, 3.63) is 58.8 Å². The summed E-state index contributed by atoms with van der Waals surface area (Å²) in [6, 6.07) is 2.57. The molecule has 0 spiro atoms. The summed E-state index contributed by atoms with van der Waals surface area (Å²) >= 11 is 0. The number of benzene rings is 1. The van der Waals surface area contributed by atoms with Crippen LogP contribution in [-0.4, -0.2) is 39.0 Å². The number of alkyl halides is 3. The van der Waals surface area contributed by atoms with Gasteiger partial charge in [0.2, 0.25) is 5.82 Å². The van der Waals surface area contributed by atoms with Gasteiger partial charge in [-0.15, -0.1) is 0 Å². The van der Waals surface area contributed by atoms with E-state index in [1.54, 1.807) is 27.7 Å². The van der Waals surface area contributed by atoms with Crippen molar-refractivity contribution in [3.63, 3.8) is 0 Å². The number of esters is 1. The highest BCUT2D eigenvalue weighted by molar-refractivity contribution is 6.17. The average Bonchev–Trinajstić information content (AvgIpc) is 2.98. The number of ether oxygens (including phenoxy) is 1. The van der Waals surface area contributed by atoms with Crippen LogP contribution < -0.4 is 0 Å². The topological polar surface area (TPSA) is 64.4 Å². The van der Waals surface area contributed by atoms with Crippen LogP contribution in [0.1, 0.15) is 55.3 Å². The first-order valence-corrected chi connectivity index (χ1v) is 9.97. The lowest BCUT2D eigenvalue weighted by Gasteiger charge is -2.30. The number of fused-ring (bicyclic) bond motifs is 1. The van der Waals surface area contributed by atoms with E-state index in [4.69, 9.17) is 4.74 Å². The number of aromatic nitrogens is 2. The van der Waals surface area contributed by atoms with Gasteiger partial charge in [0.05, 0.1) is 11.8 Å². The summed E-state index contributed by atoms with van der Waals surface area (Å²) in [4.78, 5) is 30.7. The Morgan fingerprint density at radius 2 is 1.79 bits per heavy atom. The molecule has 1 aliphatic rings. The number of carbonyl (C=O) groups excluding carboxylic acids is 2. The van der Waals surface area contributed by atoms with Gasteiger partial charge in [-0.2, -0.15) is 13.2 Å². The first kappa shape index (κ1) is 24.4. The van der Waals surface area contributed by atoms with Crippen molar-refractivity contribution in [1.82, 2.24) is 14.5 Å². The zero-order valence-electron chi connectivity index (χ0n) is 18.6. The summed E-state index contributed by atoms with van der Waals surface area (Å²) in [6.07, 6.45) is -4.33. The second-order valence-electron chi connectivity index (χ2n) is 8.63. The normalized spacial score (nSPS) is 15.7. The highest BCUT2D eigenvalue weighted by atomic mass is 19.4. The van der Waals surface area contributed by atoms with Gasteiger partial charge in [-0.3, -0.25) is 4.79 Å². The Kier molecular flexibility index (Phi) is 6.12. The lowest BCUT2D eigenvalue weighted by molar-refractivity contribution is -0.147. The molecule has 2 aromatic rings. The number of hydrogen-bond donors (Lipinski definition) is 0. The number of amides is 1. The first-order valence-electron chi connectivity index (χ1n) is 9.97. The van der Waals surface area contributed by atoms with Crippen molar-refractivity contribution in [2.75, 3.05) is 6.54 Å². The highest BCUT2D eigenvalue weighted by Crippen LogP contribution is 2.39. The van der Waals surface area contributed by atoms with Gasteiger partial charge in [-0.05, 0) is 32.0 Å². The predicted molar refractivity (Wildman–Crippen MR) is 108 cm³/mol. The van der Waals surface area contributed by atoms with Gasteiger partial charge >= 0.3 is 12.1 Å². The fourth-order valence-electron chi connectivity index (χ4n) is 3.83. The van der Waals surface area contributed by atoms with E-state index in [1.165, 1.54) is 7.05 Å². The van der Waals surface area contributed by atoms with Crippen molar-refractivity contribution in [3.8, 4) is 0 Å². The molecule has 11 heteroatoms. The lowest BCUT2D eigenvalue weighted by atomic mass is 9.86. The Balaban J connectivity index is 2.21. The minimum atomic E-state index is -4.79. The Hall–Kier alpha value is -3.24. The maximum absolute atomic E-state index is 13.7. The Bertz CT molecular complexity index is 1150. The van der Waals surface area contributed by atoms with Gasteiger partial charge in [-0.1, -0.05) is 13.8 Å². The van der Waals surface area contributed by atoms with Crippen molar-refractivity contribution in [1.29, 1.82) is 0 Å². The van der Waals surface area contributed by atoms with Crippen LogP contribution in [0, 0.1) is 11.6 Å². The molecule has 1 aliphatic heterocycles. The van der Waals surface area contributed by atoms with E-state index in [0.717, 1.165) is 27.8 Å². The van der Waals surface area contributed by atoms with E-state index in [9.17, 15) is 31.5 Å². The van der Waals surface area contributed by atoms with Crippen LogP contribution in [0.5, 0.6) is 0 Å². The molecular weight excluding hydrogens is 449 g/mol. The molecule has 178 valence electrons. The second kappa shape index (κ2) is 8.27. The van der Waals surface area contributed by atoms with Crippen LogP contribution in [0.2, 0.25) is 0 Å². The average molecular weight is 471 g/mol. The number of hydrogen-bond acceptors (Lipinski definition) is 4. The molecule has 0 saturated carbocycles. The Labute approximate surface area is 186 Å². The number of imidazole rings is 1. The second-order valence-corrected chi connectivity index (χ2v) is 8.63. The van der Waals surface area contributed by atoms with Gasteiger partial charge in [0.25, 0.3) is 5.91 Å². The van der Waals surface area contributed by atoms with Crippen molar-refractivity contribution in [2.24, 2.45) is 7.05 Å². The quantitative estimate of drug-likeness (QED) is 0.491. The maximum atomic E-state index is 13.7. The van der Waals surface area contributed by atoms with E-state index in [2.05, 4.69) is 4.98 Å². The Morgan fingerprint density at radius 3 is 2.33 bits per heavy atom. The molecule has 1 aromatic heterocycles. The molecule has 1 amide bonds. The first-order chi connectivity index (χ1) is 15.1. The van der Waals surface area contributed by atoms with Gasteiger partial charge in [0.15, 0.2) is 11.6 Å². The number of halogens is 5. The summed E-state index contributed by atoms with van der Waals surface area (Å²) in [5.41, 5.74) is -1.87. The molecule has 0 radical (unpaired) electrons. The van der Waals surface area contributed by atoms with Crippen LogP contribution in [-0.2, 0) is 28.2 Å². The number of rotatable bonds is 3. The smallest absolute Gasteiger partial charge is 0.449 e. The maximum Gasteiger partial charge on any atom is 0.449 e. The summed E-state index contributed by atoms with van der Waals surface area (Å²) in [6.45, 7) is 6.12. The molecule has 0 fully saturated rings. The summed E-state index contributed by atoms with van der Waals surface area (Å²) in [7, 11) is 1.18. The number of nitrogens with zero attached hydrogens (tertiary/aromatic N) is 3. The summed E-state index contributed by atoms with van der Waals surface area (Å²) in [5, 5.41) is 0. The predicted octanol–water partition coefficient (Wildman–Crippen LogP) is 4.44. The van der Waals surface area contributed by atoms with Crippen LogP contribution in [0.25, 0.3) is 5.57 Å². The summed E-state index contributed by atoms with van der Waals surface area (Å²) < 4.78 is 73.8. The monoisotopic (exact) mass is 471 g/mol. The van der Waals surface area contributed by atoms with E-state index < -0.39 is 47.0 Å². The number of carbonyl (C=O) groups is 2. The largest absolute Gasteiger partial charge is 0.459 e. The Morgan fingerprint density at radius 1 is 1.15 bits per heavy atom. The minimum absolute atomic E-state index is 0.0716. The molecule has 0 saturated heterocycles. The third-order valence-electron chi connectivity index (χ3n) is 5.09. The molecular formula is C22H22F5N3O3. The standard InChI is InChI=1S/C22H22F5N3O3/c1-11(2)33-19(32)13-9-30(18(31)12-6-7-14(23)15(24)8-12)10-21(3,4)17-16(13)28-20(29(17)5)22(25,26)27/h6-9,11H,10H2,1-5H3. The van der Waals surface area contributed by atoms with Gasteiger partial charge in [-0.25, -0.2) is 18.6 Å². The highest BCUT2D eigenvalue weighted by Gasteiger charge is 2.44. The zero-order chi connectivity index (χ0) is 24.9. The van der Waals surface area contributed by atoms with Crippen molar-refractivity contribution >= 4 is 17.4 Å². The molecule has 0 N–H and O–H groups in total. The lowest BCUT2D eigenvalue weighted by Crippen LogP contribution is -2.38. The minimum Gasteiger partial charge on any atom is -0.459 e.